The van der Waals surface area contributed by atoms with Crippen molar-refractivity contribution in [1.82, 2.24) is 0 Å². The summed E-state index contributed by atoms with van der Waals surface area (Å²) in [6, 6.07) is 16.2. The summed E-state index contributed by atoms with van der Waals surface area (Å²) in [5.74, 6) is -1.29. The third-order valence-electron chi connectivity index (χ3n) is 4.21. The molecule has 162 valence electrons. The molecule has 3 aromatic carbocycles. The van der Waals surface area contributed by atoms with Gasteiger partial charge in [-0.3, -0.25) is 4.99 Å². The SMILES string of the molecule is COc1cc(/C=N/c2ccc(C(=O)O)cc2)cc(Cl)c1OC(=O)/C=C/c1ccc(Cl)cc1. The number of carboxylic acid groups (broad SMARTS) is 1. The number of halogens is 2. The maximum atomic E-state index is 12.2. The third kappa shape index (κ3) is 6.20. The first-order chi connectivity index (χ1) is 15.4. The van der Waals surface area contributed by atoms with Crippen LogP contribution in [0.1, 0.15) is 21.5 Å². The average Bonchev–Trinajstić information content (AvgIpc) is 2.79. The van der Waals surface area contributed by atoms with Gasteiger partial charge < -0.3 is 14.6 Å². The summed E-state index contributed by atoms with van der Waals surface area (Å²) in [7, 11) is 1.43. The summed E-state index contributed by atoms with van der Waals surface area (Å²) in [6.45, 7) is 0. The summed E-state index contributed by atoms with van der Waals surface area (Å²) in [4.78, 5) is 27.4. The molecule has 0 saturated carbocycles. The van der Waals surface area contributed by atoms with Crippen LogP contribution in [0.15, 0.2) is 71.7 Å². The Labute approximate surface area is 194 Å². The Balaban J connectivity index is 1.74. The van der Waals surface area contributed by atoms with Gasteiger partial charge in [-0.2, -0.15) is 0 Å². The predicted octanol–water partition coefficient (Wildman–Crippen LogP) is 6.07. The van der Waals surface area contributed by atoms with E-state index in [1.165, 1.54) is 31.5 Å². The minimum Gasteiger partial charge on any atom is -0.493 e. The van der Waals surface area contributed by atoms with Crippen LogP contribution in [-0.4, -0.2) is 30.4 Å². The molecule has 0 amide bonds. The zero-order valence-electron chi connectivity index (χ0n) is 16.8. The fourth-order valence-corrected chi connectivity index (χ4v) is 3.01. The van der Waals surface area contributed by atoms with Crippen molar-refractivity contribution in [3.05, 3.63) is 93.5 Å². The lowest BCUT2D eigenvalue weighted by atomic mass is 10.2. The Bertz CT molecular complexity index is 1190. The van der Waals surface area contributed by atoms with Crippen molar-refractivity contribution < 1.29 is 24.2 Å². The number of benzene rings is 3. The molecule has 0 unspecified atom stereocenters. The predicted molar refractivity (Wildman–Crippen MR) is 125 cm³/mol. The number of carbonyl (C=O) groups is 2. The molecule has 0 atom stereocenters. The lowest BCUT2D eigenvalue weighted by Gasteiger charge is -2.11. The number of rotatable bonds is 7. The van der Waals surface area contributed by atoms with Crippen molar-refractivity contribution in [2.24, 2.45) is 4.99 Å². The molecule has 3 rings (SSSR count). The number of nitrogens with zero attached hydrogens (tertiary/aromatic N) is 1. The molecule has 8 heteroatoms. The van der Waals surface area contributed by atoms with E-state index in [0.29, 0.717) is 16.3 Å². The quantitative estimate of drug-likeness (QED) is 0.196. The first-order valence-electron chi connectivity index (χ1n) is 9.26. The van der Waals surface area contributed by atoms with Crippen LogP contribution in [0.2, 0.25) is 10.0 Å². The van der Waals surface area contributed by atoms with E-state index in [0.717, 1.165) is 5.56 Å². The fraction of sp³-hybridized carbons (Fsp3) is 0.0417. The average molecular weight is 470 g/mol. The molecule has 32 heavy (non-hydrogen) atoms. The van der Waals surface area contributed by atoms with Crippen LogP contribution in [-0.2, 0) is 4.79 Å². The molecular weight excluding hydrogens is 453 g/mol. The van der Waals surface area contributed by atoms with Crippen LogP contribution >= 0.6 is 23.2 Å². The molecule has 6 nitrogen and oxygen atoms in total. The number of aromatic carboxylic acids is 1. The van der Waals surface area contributed by atoms with Crippen LogP contribution in [0.4, 0.5) is 5.69 Å². The summed E-state index contributed by atoms with van der Waals surface area (Å²) >= 11 is 12.2. The van der Waals surface area contributed by atoms with Gasteiger partial charge in [-0.25, -0.2) is 9.59 Å². The topological polar surface area (TPSA) is 85.2 Å². The van der Waals surface area contributed by atoms with Crippen LogP contribution in [0.5, 0.6) is 11.5 Å². The molecule has 0 bridgehead atoms. The van der Waals surface area contributed by atoms with E-state index < -0.39 is 11.9 Å². The van der Waals surface area contributed by atoms with Gasteiger partial charge in [-0.05, 0) is 65.7 Å². The lowest BCUT2D eigenvalue weighted by molar-refractivity contribution is -0.129. The summed E-state index contributed by atoms with van der Waals surface area (Å²) < 4.78 is 10.7. The smallest absolute Gasteiger partial charge is 0.336 e. The molecule has 0 aliphatic carbocycles. The van der Waals surface area contributed by atoms with E-state index in [1.807, 2.05) is 0 Å². The van der Waals surface area contributed by atoms with Crippen molar-refractivity contribution in [1.29, 1.82) is 0 Å². The van der Waals surface area contributed by atoms with E-state index in [-0.39, 0.29) is 22.1 Å². The number of esters is 1. The van der Waals surface area contributed by atoms with Gasteiger partial charge in [-0.1, -0.05) is 35.3 Å². The minimum atomic E-state index is -1.01. The molecule has 0 aromatic heterocycles. The largest absolute Gasteiger partial charge is 0.493 e. The van der Waals surface area contributed by atoms with Gasteiger partial charge in [0.05, 0.1) is 23.4 Å². The number of carbonyl (C=O) groups excluding carboxylic acids is 1. The second-order valence-corrected chi connectivity index (χ2v) is 7.29. The molecule has 0 aliphatic heterocycles. The number of hydrogen-bond donors (Lipinski definition) is 1. The highest BCUT2D eigenvalue weighted by atomic mass is 35.5. The first-order valence-corrected chi connectivity index (χ1v) is 10.0. The monoisotopic (exact) mass is 469 g/mol. The van der Waals surface area contributed by atoms with Crippen molar-refractivity contribution in [3.63, 3.8) is 0 Å². The zero-order chi connectivity index (χ0) is 23.1. The summed E-state index contributed by atoms with van der Waals surface area (Å²) in [5, 5.41) is 9.72. The molecule has 0 saturated heterocycles. The highest BCUT2D eigenvalue weighted by Gasteiger charge is 2.14. The van der Waals surface area contributed by atoms with Gasteiger partial charge in [-0.15, -0.1) is 0 Å². The highest BCUT2D eigenvalue weighted by Crippen LogP contribution is 2.36. The van der Waals surface area contributed by atoms with E-state index in [2.05, 4.69) is 4.99 Å². The second kappa shape index (κ2) is 10.6. The van der Waals surface area contributed by atoms with Crippen molar-refractivity contribution in [2.75, 3.05) is 7.11 Å². The van der Waals surface area contributed by atoms with Crippen molar-refractivity contribution in [2.45, 2.75) is 0 Å². The van der Waals surface area contributed by atoms with Crippen molar-refractivity contribution >= 4 is 53.1 Å². The minimum absolute atomic E-state index is 0.0860. The van der Waals surface area contributed by atoms with Crippen LogP contribution in [0, 0.1) is 0 Å². The van der Waals surface area contributed by atoms with Crippen LogP contribution in [0.25, 0.3) is 6.08 Å². The normalized spacial score (nSPS) is 11.1. The number of hydrogen-bond acceptors (Lipinski definition) is 5. The Hall–Kier alpha value is -3.61. The fourth-order valence-electron chi connectivity index (χ4n) is 2.63. The number of aliphatic imine (C=N–C) groups is 1. The molecule has 0 radical (unpaired) electrons. The molecule has 3 aromatic rings. The first kappa shape index (κ1) is 23.1. The molecule has 0 fully saturated rings. The Morgan fingerprint density at radius 1 is 0.969 bits per heavy atom. The van der Waals surface area contributed by atoms with E-state index >= 15 is 0 Å². The van der Waals surface area contributed by atoms with Gasteiger partial charge >= 0.3 is 11.9 Å². The van der Waals surface area contributed by atoms with E-state index in [9.17, 15) is 9.59 Å². The standard InChI is InChI=1S/C24H17Cl2NO5/c1-31-21-13-16(14-27-19-9-5-17(6-10-19)24(29)30)12-20(26)23(21)32-22(28)11-4-15-2-7-18(25)8-3-15/h2-14H,1H3,(H,29,30)/b11-4+,27-14+. The third-order valence-corrected chi connectivity index (χ3v) is 4.75. The lowest BCUT2D eigenvalue weighted by Crippen LogP contribution is -2.06. The Kier molecular flexibility index (Phi) is 7.65. The number of ether oxygens (including phenoxy) is 2. The van der Waals surface area contributed by atoms with Gasteiger partial charge in [0.15, 0.2) is 11.5 Å². The zero-order valence-corrected chi connectivity index (χ0v) is 18.3. The highest BCUT2D eigenvalue weighted by molar-refractivity contribution is 6.32. The van der Waals surface area contributed by atoms with Gasteiger partial charge in [0.25, 0.3) is 0 Å². The molecule has 0 spiro atoms. The van der Waals surface area contributed by atoms with Gasteiger partial charge in [0.2, 0.25) is 0 Å². The summed E-state index contributed by atoms with van der Waals surface area (Å²) in [5.41, 5.74) is 2.12. The van der Waals surface area contributed by atoms with E-state index in [4.69, 9.17) is 37.8 Å². The number of carboxylic acids is 1. The van der Waals surface area contributed by atoms with E-state index in [1.54, 1.807) is 54.6 Å². The maximum Gasteiger partial charge on any atom is 0.336 e. The van der Waals surface area contributed by atoms with Crippen molar-refractivity contribution in [3.8, 4) is 11.5 Å². The molecule has 1 N–H and O–H groups in total. The van der Waals surface area contributed by atoms with Crippen LogP contribution in [0.3, 0.4) is 0 Å². The molecular formula is C24H17Cl2NO5. The van der Waals surface area contributed by atoms with Crippen LogP contribution < -0.4 is 9.47 Å². The van der Waals surface area contributed by atoms with Gasteiger partial charge in [0.1, 0.15) is 0 Å². The second-order valence-electron chi connectivity index (χ2n) is 6.45. The van der Waals surface area contributed by atoms with Gasteiger partial charge in [0, 0.05) is 17.3 Å². The maximum absolute atomic E-state index is 12.2. The summed E-state index contributed by atoms with van der Waals surface area (Å²) in [6.07, 6.45) is 4.40. The Morgan fingerprint density at radius 2 is 1.66 bits per heavy atom. The molecule has 0 heterocycles. The number of methoxy groups -OCH3 is 1. The molecule has 0 aliphatic rings. The Morgan fingerprint density at radius 3 is 2.28 bits per heavy atom.